The van der Waals surface area contributed by atoms with E-state index in [-0.39, 0.29) is 18.6 Å². The molecule has 0 aromatic heterocycles. The molecule has 62 valence electrons. The van der Waals surface area contributed by atoms with Crippen molar-refractivity contribution in [1.29, 1.82) is 0 Å². The third kappa shape index (κ3) is 3.85. The Balaban J connectivity index is 3.31. The van der Waals surface area contributed by atoms with Crippen molar-refractivity contribution in [2.45, 2.75) is 39.2 Å². The van der Waals surface area contributed by atoms with E-state index in [1.54, 1.807) is 0 Å². The van der Waals surface area contributed by atoms with Crippen molar-refractivity contribution in [2.24, 2.45) is 5.92 Å². The Morgan fingerprint density at radius 1 is 1.40 bits per heavy atom. The van der Waals surface area contributed by atoms with Gasteiger partial charge in [0.25, 0.3) is 0 Å². The fourth-order valence-electron chi connectivity index (χ4n) is 0.819. The van der Waals surface area contributed by atoms with Crippen molar-refractivity contribution >= 4 is 0 Å². The van der Waals surface area contributed by atoms with Gasteiger partial charge < -0.3 is 10.2 Å². The van der Waals surface area contributed by atoms with E-state index in [2.05, 4.69) is 6.92 Å². The second kappa shape index (κ2) is 5.69. The van der Waals surface area contributed by atoms with Gasteiger partial charge in [-0.3, -0.25) is 0 Å². The summed E-state index contributed by atoms with van der Waals surface area (Å²) in [6.45, 7) is 4.04. The third-order valence-electron chi connectivity index (χ3n) is 1.80. The van der Waals surface area contributed by atoms with Crippen LogP contribution in [0.15, 0.2) is 0 Å². The summed E-state index contributed by atoms with van der Waals surface area (Å²) >= 11 is 0. The van der Waals surface area contributed by atoms with Gasteiger partial charge in [0.2, 0.25) is 0 Å². The van der Waals surface area contributed by atoms with Gasteiger partial charge in [0, 0.05) is 12.5 Å². The molecule has 0 aliphatic carbocycles. The Morgan fingerprint density at radius 3 is 2.40 bits per heavy atom. The SMILES string of the molecule is CCCC[C@H](O)C(C)CO. The highest BCUT2D eigenvalue weighted by Crippen LogP contribution is 2.09. The van der Waals surface area contributed by atoms with Gasteiger partial charge in [-0.25, -0.2) is 0 Å². The van der Waals surface area contributed by atoms with E-state index < -0.39 is 0 Å². The van der Waals surface area contributed by atoms with E-state index in [4.69, 9.17) is 5.11 Å². The van der Waals surface area contributed by atoms with Crippen molar-refractivity contribution in [3.8, 4) is 0 Å². The lowest BCUT2D eigenvalue weighted by molar-refractivity contribution is 0.0689. The molecule has 0 aromatic rings. The lowest BCUT2D eigenvalue weighted by Gasteiger charge is -2.15. The molecule has 0 saturated carbocycles. The first-order valence-corrected chi connectivity index (χ1v) is 4.01. The van der Waals surface area contributed by atoms with Crippen LogP contribution in [0.1, 0.15) is 33.1 Å². The molecule has 0 aromatic carbocycles. The monoisotopic (exact) mass is 146 g/mol. The van der Waals surface area contributed by atoms with E-state index >= 15 is 0 Å². The van der Waals surface area contributed by atoms with Gasteiger partial charge in [0.05, 0.1) is 6.10 Å². The van der Waals surface area contributed by atoms with Crippen LogP contribution in [-0.2, 0) is 0 Å². The number of aliphatic hydroxyl groups excluding tert-OH is 2. The standard InChI is InChI=1S/C8H18O2/c1-3-4-5-8(10)7(2)6-9/h7-10H,3-6H2,1-2H3/t7?,8-/m0/s1. The minimum Gasteiger partial charge on any atom is -0.396 e. The minimum atomic E-state index is -0.315. The van der Waals surface area contributed by atoms with Crippen LogP contribution in [0.5, 0.6) is 0 Å². The average molecular weight is 146 g/mol. The first-order chi connectivity index (χ1) is 4.72. The summed E-state index contributed by atoms with van der Waals surface area (Å²) in [5.41, 5.74) is 0. The maximum Gasteiger partial charge on any atom is 0.0587 e. The largest absolute Gasteiger partial charge is 0.396 e. The molecular weight excluding hydrogens is 128 g/mol. The van der Waals surface area contributed by atoms with Gasteiger partial charge in [0.1, 0.15) is 0 Å². The normalized spacial score (nSPS) is 16.8. The zero-order chi connectivity index (χ0) is 7.98. The van der Waals surface area contributed by atoms with E-state index in [0.717, 1.165) is 19.3 Å². The minimum absolute atomic E-state index is 0.0338. The molecule has 0 aliphatic heterocycles. The Morgan fingerprint density at radius 2 is 2.00 bits per heavy atom. The zero-order valence-electron chi connectivity index (χ0n) is 6.88. The van der Waals surface area contributed by atoms with E-state index in [1.165, 1.54) is 0 Å². The van der Waals surface area contributed by atoms with Crippen molar-refractivity contribution in [3.63, 3.8) is 0 Å². The third-order valence-corrected chi connectivity index (χ3v) is 1.80. The van der Waals surface area contributed by atoms with Gasteiger partial charge in [-0.1, -0.05) is 26.7 Å². The molecule has 0 saturated heterocycles. The fraction of sp³-hybridized carbons (Fsp3) is 1.00. The highest BCUT2D eigenvalue weighted by molar-refractivity contribution is 4.62. The molecule has 0 amide bonds. The molecule has 2 nitrogen and oxygen atoms in total. The molecule has 0 aliphatic rings. The number of rotatable bonds is 5. The predicted molar refractivity (Wildman–Crippen MR) is 41.8 cm³/mol. The molecule has 2 heteroatoms. The maximum absolute atomic E-state index is 9.29. The quantitative estimate of drug-likeness (QED) is 0.611. The first-order valence-electron chi connectivity index (χ1n) is 4.01. The van der Waals surface area contributed by atoms with Crippen molar-refractivity contribution in [3.05, 3.63) is 0 Å². The van der Waals surface area contributed by atoms with E-state index in [0.29, 0.717) is 0 Å². The Hall–Kier alpha value is -0.0800. The lowest BCUT2D eigenvalue weighted by atomic mass is 10.0. The smallest absolute Gasteiger partial charge is 0.0587 e. The van der Waals surface area contributed by atoms with Gasteiger partial charge in [0.15, 0.2) is 0 Å². The topological polar surface area (TPSA) is 40.5 Å². The average Bonchev–Trinajstić information content (AvgIpc) is 1.98. The first kappa shape index (κ1) is 9.92. The van der Waals surface area contributed by atoms with Crippen LogP contribution in [0.3, 0.4) is 0 Å². The van der Waals surface area contributed by atoms with Gasteiger partial charge >= 0.3 is 0 Å². The second-order valence-electron chi connectivity index (χ2n) is 2.87. The lowest BCUT2D eigenvalue weighted by Crippen LogP contribution is -2.20. The molecule has 0 heterocycles. The molecular formula is C8H18O2. The summed E-state index contributed by atoms with van der Waals surface area (Å²) in [7, 11) is 0. The highest BCUT2D eigenvalue weighted by Gasteiger charge is 2.11. The van der Waals surface area contributed by atoms with Crippen molar-refractivity contribution in [2.75, 3.05) is 6.61 Å². The van der Waals surface area contributed by atoms with Gasteiger partial charge in [-0.05, 0) is 6.42 Å². The molecule has 0 bridgehead atoms. The number of hydrogen-bond donors (Lipinski definition) is 2. The van der Waals surface area contributed by atoms with Crippen molar-refractivity contribution < 1.29 is 10.2 Å². The summed E-state index contributed by atoms with van der Waals surface area (Å²) in [6, 6.07) is 0. The summed E-state index contributed by atoms with van der Waals surface area (Å²) in [5, 5.41) is 17.9. The Labute approximate surface area is 62.9 Å². The molecule has 0 spiro atoms. The molecule has 0 rings (SSSR count). The number of aliphatic hydroxyl groups is 2. The number of hydrogen-bond acceptors (Lipinski definition) is 2. The Kier molecular flexibility index (Phi) is 5.64. The molecule has 1 unspecified atom stereocenters. The Bertz CT molecular complexity index is 73.7. The van der Waals surface area contributed by atoms with Crippen LogP contribution in [0.4, 0.5) is 0 Å². The van der Waals surface area contributed by atoms with E-state index in [1.807, 2.05) is 6.92 Å². The van der Waals surface area contributed by atoms with Gasteiger partial charge in [-0.15, -0.1) is 0 Å². The molecule has 2 N–H and O–H groups in total. The van der Waals surface area contributed by atoms with Crippen LogP contribution in [0, 0.1) is 5.92 Å². The summed E-state index contributed by atoms with van der Waals surface area (Å²) < 4.78 is 0. The second-order valence-corrected chi connectivity index (χ2v) is 2.87. The molecule has 0 fully saturated rings. The maximum atomic E-state index is 9.29. The fourth-order valence-corrected chi connectivity index (χ4v) is 0.819. The van der Waals surface area contributed by atoms with Crippen LogP contribution < -0.4 is 0 Å². The van der Waals surface area contributed by atoms with Crippen LogP contribution in [0.2, 0.25) is 0 Å². The van der Waals surface area contributed by atoms with Crippen LogP contribution >= 0.6 is 0 Å². The van der Waals surface area contributed by atoms with Gasteiger partial charge in [-0.2, -0.15) is 0 Å². The molecule has 2 atom stereocenters. The summed E-state index contributed by atoms with van der Waals surface area (Å²) in [4.78, 5) is 0. The van der Waals surface area contributed by atoms with E-state index in [9.17, 15) is 5.11 Å². The van der Waals surface area contributed by atoms with Crippen LogP contribution in [0.25, 0.3) is 0 Å². The van der Waals surface area contributed by atoms with Crippen molar-refractivity contribution in [1.82, 2.24) is 0 Å². The molecule has 10 heavy (non-hydrogen) atoms. The predicted octanol–water partition coefficient (Wildman–Crippen LogP) is 1.17. The summed E-state index contributed by atoms with van der Waals surface area (Å²) in [5.74, 6) is 0.0338. The molecule has 0 radical (unpaired) electrons. The highest BCUT2D eigenvalue weighted by atomic mass is 16.3. The number of unbranched alkanes of at least 4 members (excludes halogenated alkanes) is 1. The van der Waals surface area contributed by atoms with Crippen LogP contribution in [-0.4, -0.2) is 22.9 Å². The summed E-state index contributed by atoms with van der Waals surface area (Å²) in [6.07, 6.45) is 2.66. The zero-order valence-corrected chi connectivity index (χ0v) is 6.88.